The van der Waals surface area contributed by atoms with Gasteiger partial charge in [-0.25, -0.2) is 4.98 Å². The highest BCUT2D eigenvalue weighted by atomic mass is 79.9. The van der Waals surface area contributed by atoms with E-state index in [9.17, 15) is 9.59 Å². The first-order chi connectivity index (χ1) is 10.0. The van der Waals surface area contributed by atoms with E-state index in [-0.39, 0.29) is 11.8 Å². The Morgan fingerprint density at radius 2 is 2.00 bits per heavy atom. The molecule has 0 saturated carbocycles. The Hall–Kier alpha value is -1.89. The Morgan fingerprint density at radius 1 is 1.29 bits per heavy atom. The summed E-state index contributed by atoms with van der Waals surface area (Å²) in [6.45, 7) is 4.19. The molecule has 0 spiro atoms. The highest BCUT2D eigenvalue weighted by molar-refractivity contribution is 9.10. The summed E-state index contributed by atoms with van der Waals surface area (Å²) in [5.41, 5.74) is 2.03. The van der Waals surface area contributed by atoms with E-state index in [0.717, 1.165) is 15.8 Å². The molecule has 21 heavy (non-hydrogen) atoms. The van der Waals surface area contributed by atoms with Gasteiger partial charge in [-0.2, -0.15) is 0 Å². The molecule has 2 amide bonds. The Kier molecular flexibility index (Phi) is 4.95. The molecular formula is C14H17BrN4O2. The van der Waals surface area contributed by atoms with Crippen molar-refractivity contribution in [3.63, 3.8) is 0 Å². The predicted molar refractivity (Wildman–Crippen MR) is 83.3 cm³/mol. The Balaban J connectivity index is 2.21. The van der Waals surface area contributed by atoms with Gasteiger partial charge >= 0.3 is 0 Å². The van der Waals surface area contributed by atoms with Gasteiger partial charge in [0.25, 0.3) is 5.91 Å². The van der Waals surface area contributed by atoms with Crippen LogP contribution in [0.4, 0.5) is 0 Å². The zero-order valence-electron chi connectivity index (χ0n) is 11.9. The van der Waals surface area contributed by atoms with Crippen LogP contribution in [0.15, 0.2) is 22.8 Å². The van der Waals surface area contributed by atoms with Crippen molar-refractivity contribution in [2.24, 2.45) is 0 Å². The van der Waals surface area contributed by atoms with Gasteiger partial charge in [-0.05, 0) is 34.5 Å². The number of pyridine rings is 1. The van der Waals surface area contributed by atoms with E-state index >= 15 is 0 Å². The van der Waals surface area contributed by atoms with Gasteiger partial charge in [0.05, 0.1) is 5.69 Å². The number of aryl methyl sites for hydroxylation is 1. The molecule has 2 heterocycles. The molecule has 0 aromatic carbocycles. The first-order valence-electron chi connectivity index (χ1n) is 6.72. The summed E-state index contributed by atoms with van der Waals surface area (Å²) in [5, 5.41) is 5.43. The maximum atomic E-state index is 12.4. The van der Waals surface area contributed by atoms with Gasteiger partial charge in [0.1, 0.15) is 11.3 Å². The Morgan fingerprint density at radius 3 is 2.67 bits per heavy atom. The minimum Gasteiger partial charge on any atom is -0.355 e. The monoisotopic (exact) mass is 352 g/mol. The lowest BCUT2D eigenvalue weighted by atomic mass is 10.2. The van der Waals surface area contributed by atoms with Crippen molar-refractivity contribution in [1.82, 2.24) is 20.0 Å². The SMILES string of the molecule is CCc1nc2ccc(Br)cn2c1C(=O)NCCNC(C)=O. The fraction of sp³-hybridized carbons (Fsp3) is 0.357. The molecule has 6 nitrogen and oxygen atoms in total. The number of fused-ring (bicyclic) bond motifs is 1. The molecule has 0 bridgehead atoms. The van der Waals surface area contributed by atoms with Crippen LogP contribution in [0.2, 0.25) is 0 Å². The molecule has 0 unspecified atom stereocenters. The topological polar surface area (TPSA) is 75.5 Å². The lowest BCUT2D eigenvalue weighted by Gasteiger charge is -2.07. The van der Waals surface area contributed by atoms with Gasteiger partial charge in [-0.15, -0.1) is 0 Å². The highest BCUT2D eigenvalue weighted by Crippen LogP contribution is 2.17. The molecule has 2 aromatic rings. The molecule has 7 heteroatoms. The average molecular weight is 353 g/mol. The maximum Gasteiger partial charge on any atom is 0.270 e. The van der Waals surface area contributed by atoms with Crippen LogP contribution >= 0.6 is 15.9 Å². The van der Waals surface area contributed by atoms with Gasteiger partial charge < -0.3 is 10.6 Å². The second-order valence-electron chi connectivity index (χ2n) is 4.58. The average Bonchev–Trinajstić information content (AvgIpc) is 2.80. The van der Waals surface area contributed by atoms with Crippen LogP contribution in [0.1, 0.15) is 30.0 Å². The number of carbonyl (C=O) groups excluding carboxylic acids is 2. The second-order valence-corrected chi connectivity index (χ2v) is 5.49. The smallest absolute Gasteiger partial charge is 0.270 e. The van der Waals surface area contributed by atoms with Crippen LogP contribution in [0.5, 0.6) is 0 Å². The van der Waals surface area contributed by atoms with E-state index in [2.05, 4.69) is 31.5 Å². The van der Waals surface area contributed by atoms with E-state index in [1.807, 2.05) is 25.3 Å². The summed E-state index contributed by atoms with van der Waals surface area (Å²) >= 11 is 3.40. The fourth-order valence-electron chi connectivity index (χ4n) is 2.05. The zero-order valence-corrected chi connectivity index (χ0v) is 13.5. The van der Waals surface area contributed by atoms with Crippen molar-refractivity contribution in [2.75, 3.05) is 13.1 Å². The minimum atomic E-state index is -0.192. The molecule has 0 aliphatic rings. The van der Waals surface area contributed by atoms with Crippen LogP contribution in [-0.2, 0) is 11.2 Å². The van der Waals surface area contributed by atoms with E-state index in [1.54, 1.807) is 4.40 Å². The number of nitrogens with zero attached hydrogens (tertiary/aromatic N) is 2. The second kappa shape index (κ2) is 6.71. The third-order valence-electron chi connectivity index (χ3n) is 2.99. The van der Waals surface area contributed by atoms with E-state index in [4.69, 9.17) is 0 Å². The molecule has 0 aliphatic carbocycles. The molecule has 0 fully saturated rings. The summed E-state index contributed by atoms with van der Waals surface area (Å²) < 4.78 is 2.65. The molecule has 0 atom stereocenters. The van der Waals surface area contributed by atoms with E-state index in [1.165, 1.54) is 6.92 Å². The number of amides is 2. The molecule has 2 N–H and O–H groups in total. The third kappa shape index (κ3) is 3.60. The number of nitrogens with one attached hydrogen (secondary N) is 2. The van der Waals surface area contributed by atoms with Crippen molar-refractivity contribution < 1.29 is 9.59 Å². The van der Waals surface area contributed by atoms with Crippen LogP contribution in [0.25, 0.3) is 5.65 Å². The van der Waals surface area contributed by atoms with Crippen molar-refractivity contribution in [3.8, 4) is 0 Å². The lowest BCUT2D eigenvalue weighted by Crippen LogP contribution is -2.34. The third-order valence-corrected chi connectivity index (χ3v) is 3.46. The molecule has 0 aliphatic heterocycles. The number of carbonyl (C=O) groups is 2. The number of hydrogen-bond acceptors (Lipinski definition) is 3. The van der Waals surface area contributed by atoms with Gasteiger partial charge in [0, 0.05) is 30.7 Å². The summed E-state index contributed by atoms with van der Waals surface area (Å²) in [6.07, 6.45) is 2.50. The summed E-state index contributed by atoms with van der Waals surface area (Å²) in [7, 11) is 0. The number of hydrogen-bond donors (Lipinski definition) is 2. The number of rotatable bonds is 5. The van der Waals surface area contributed by atoms with E-state index < -0.39 is 0 Å². The fourth-order valence-corrected chi connectivity index (χ4v) is 2.39. The Bertz CT molecular complexity index is 681. The quantitative estimate of drug-likeness (QED) is 0.801. The highest BCUT2D eigenvalue weighted by Gasteiger charge is 2.17. The molecular weight excluding hydrogens is 336 g/mol. The molecule has 2 aromatic heterocycles. The standard InChI is InChI=1S/C14H17BrN4O2/c1-3-11-13(14(21)17-7-6-16-9(2)20)19-8-10(15)4-5-12(19)18-11/h4-5,8H,3,6-7H2,1-2H3,(H,16,20)(H,17,21). The van der Waals surface area contributed by atoms with Crippen molar-refractivity contribution in [3.05, 3.63) is 34.2 Å². The lowest BCUT2D eigenvalue weighted by molar-refractivity contribution is -0.118. The Labute approximate surface area is 131 Å². The number of imidazole rings is 1. The van der Waals surface area contributed by atoms with Crippen molar-refractivity contribution in [2.45, 2.75) is 20.3 Å². The molecule has 0 saturated heterocycles. The van der Waals surface area contributed by atoms with Gasteiger partial charge in [-0.3, -0.25) is 14.0 Å². The maximum absolute atomic E-state index is 12.4. The van der Waals surface area contributed by atoms with Crippen LogP contribution in [-0.4, -0.2) is 34.3 Å². The van der Waals surface area contributed by atoms with Gasteiger partial charge in [0.15, 0.2) is 0 Å². The van der Waals surface area contributed by atoms with Crippen molar-refractivity contribution >= 4 is 33.4 Å². The molecule has 112 valence electrons. The first-order valence-corrected chi connectivity index (χ1v) is 7.51. The van der Waals surface area contributed by atoms with Gasteiger partial charge in [0.2, 0.25) is 5.91 Å². The normalized spacial score (nSPS) is 10.6. The summed E-state index contributed by atoms with van der Waals surface area (Å²) in [4.78, 5) is 27.6. The zero-order chi connectivity index (χ0) is 15.4. The molecule has 0 radical (unpaired) electrons. The van der Waals surface area contributed by atoms with Crippen LogP contribution < -0.4 is 10.6 Å². The number of aromatic nitrogens is 2. The van der Waals surface area contributed by atoms with Crippen molar-refractivity contribution in [1.29, 1.82) is 0 Å². The van der Waals surface area contributed by atoms with Crippen LogP contribution in [0.3, 0.4) is 0 Å². The van der Waals surface area contributed by atoms with Gasteiger partial charge in [-0.1, -0.05) is 6.92 Å². The predicted octanol–water partition coefficient (Wildman–Crippen LogP) is 1.53. The minimum absolute atomic E-state index is 0.114. The number of halogens is 1. The summed E-state index contributed by atoms with van der Waals surface area (Å²) in [5.74, 6) is -0.306. The van der Waals surface area contributed by atoms with Crippen LogP contribution in [0, 0.1) is 0 Å². The molecule has 2 rings (SSSR count). The van der Waals surface area contributed by atoms with E-state index in [0.29, 0.717) is 25.2 Å². The largest absolute Gasteiger partial charge is 0.355 e. The first kappa shape index (κ1) is 15.5. The summed E-state index contributed by atoms with van der Waals surface area (Å²) in [6, 6.07) is 3.75.